The number of carbonyl (C=O) groups excluding carboxylic acids is 4. The lowest BCUT2D eigenvalue weighted by atomic mass is 9.66. The summed E-state index contributed by atoms with van der Waals surface area (Å²) in [4.78, 5) is 58.3. The van der Waals surface area contributed by atoms with Gasteiger partial charge >= 0.3 is 18.0 Å². The van der Waals surface area contributed by atoms with E-state index in [0.29, 0.717) is 12.0 Å². The van der Waals surface area contributed by atoms with Crippen LogP contribution in [0.4, 0.5) is 4.79 Å². The Morgan fingerprint density at radius 2 is 1.50 bits per heavy atom. The smallest absolute Gasteiger partial charge is 0.333 e. The molecule has 0 N–H and O–H groups in total. The maximum absolute atomic E-state index is 14.5. The highest BCUT2D eigenvalue weighted by Gasteiger charge is 2.77. The molecule has 3 atom stereocenters. The standard InChI is InChI=1S/C30H32N2O6/c1-3-37-25(33)23-15-17-29(27(35)38-4-2)24(23)16-18-30(29)26(34)31(19-21-11-7-5-8-12-21)28(36)32(30)20-22-13-9-6-10-14-22/h5-15,24H,3-4,16-20H2,1-2H3/t24-,29+,30-/m1/s1. The molecule has 0 bridgehead atoms. The molecule has 1 spiro atoms. The number of urea groups is 1. The molecule has 8 nitrogen and oxygen atoms in total. The van der Waals surface area contributed by atoms with Crippen molar-refractivity contribution < 1.29 is 28.7 Å². The Morgan fingerprint density at radius 1 is 0.895 bits per heavy atom. The third kappa shape index (κ3) is 3.73. The molecule has 8 heteroatoms. The summed E-state index contributed by atoms with van der Waals surface area (Å²) in [6, 6.07) is 18.3. The Hall–Kier alpha value is -3.94. The number of imide groups is 1. The van der Waals surface area contributed by atoms with Crippen LogP contribution in [0.25, 0.3) is 0 Å². The molecule has 2 fully saturated rings. The molecular weight excluding hydrogens is 484 g/mol. The molecule has 1 saturated carbocycles. The highest BCUT2D eigenvalue weighted by atomic mass is 16.5. The van der Waals surface area contributed by atoms with Crippen molar-refractivity contribution in [1.29, 1.82) is 0 Å². The summed E-state index contributed by atoms with van der Waals surface area (Å²) < 4.78 is 10.9. The topological polar surface area (TPSA) is 93.2 Å². The minimum absolute atomic E-state index is 0.0906. The van der Waals surface area contributed by atoms with E-state index in [4.69, 9.17) is 9.47 Å². The normalized spacial score (nSPS) is 26.1. The minimum Gasteiger partial charge on any atom is -0.465 e. The van der Waals surface area contributed by atoms with E-state index in [1.165, 1.54) is 4.90 Å². The molecular formula is C30H32N2O6. The third-order valence-electron chi connectivity index (χ3n) is 8.19. The summed E-state index contributed by atoms with van der Waals surface area (Å²) in [6.07, 6.45) is 2.45. The van der Waals surface area contributed by atoms with Crippen molar-refractivity contribution in [2.45, 2.75) is 51.7 Å². The predicted molar refractivity (Wildman–Crippen MR) is 138 cm³/mol. The largest absolute Gasteiger partial charge is 0.465 e. The summed E-state index contributed by atoms with van der Waals surface area (Å²) in [5.41, 5.74) is -0.872. The molecule has 2 aromatic carbocycles. The first-order valence-corrected chi connectivity index (χ1v) is 13.2. The van der Waals surface area contributed by atoms with E-state index in [1.54, 1.807) is 24.8 Å². The van der Waals surface area contributed by atoms with Crippen molar-refractivity contribution in [1.82, 2.24) is 9.80 Å². The molecule has 1 heterocycles. The fraction of sp³-hybridized carbons (Fsp3) is 0.400. The lowest BCUT2D eigenvalue weighted by Crippen LogP contribution is -2.62. The molecule has 1 saturated heterocycles. The SMILES string of the molecule is CCOC(=O)C1=CC[C@@]2(C(=O)OCC)[C@@H]1CC[C@@]21C(=O)N(Cc2ccccc2)C(=O)N1Cc1ccccc1. The third-order valence-corrected chi connectivity index (χ3v) is 8.19. The van der Waals surface area contributed by atoms with Gasteiger partial charge in [-0.3, -0.25) is 14.5 Å². The first-order chi connectivity index (χ1) is 18.4. The van der Waals surface area contributed by atoms with Gasteiger partial charge in [0.25, 0.3) is 5.91 Å². The van der Waals surface area contributed by atoms with Gasteiger partial charge in [-0.1, -0.05) is 66.7 Å². The number of amides is 3. The average molecular weight is 517 g/mol. The number of rotatable bonds is 8. The predicted octanol–water partition coefficient (Wildman–Crippen LogP) is 4.24. The van der Waals surface area contributed by atoms with Crippen molar-refractivity contribution >= 4 is 23.9 Å². The van der Waals surface area contributed by atoms with Crippen LogP contribution in [0.5, 0.6) is 0 Å². The number of hydrogen-bond acceptors (Lipinski definition) is 6. The zero-order valence-electron chi connectivity index (χ0n) is 21.7. The minimum atomic E-state index is -1.49. The summed E-state index contributed by atoms with van der Waals surface area (Å²) in [6.45, 7) is 4.00. The van der Waals surface area contributed by atoms with E-state index in [1.807, 2.05) is 60.7 Å². The van der Waals surface area contributed by atoms with Crippen LogP contribution in [-0.2, 0) is 36.9 Å². The first kappa shape index (κ1) is 25.7. The van der Waals surface area contributed by atoms with E-state index >= 15 is 0 Å². The van der Waals surface area contributed by atoms with Crippen molar-refractivity contribution in [3.63, 3.8) is 0 Å². The number of fused-ring (bicyclic) bond motifs is 2. The van der Waals surface area contributed by atoms with Gasteiger partial charge < -0.3 is 14.4 Å². The highest BCUT2D eigenvalue weighted by Crippen LogP contribution is 2.64. The van der Waals surface area contributed by atoms with Crippen molar-refractivity contribution in [2.24, 2.45) is 11.3 Å². The first-order valence-electron chi connectivity index (χ1n) is 13.2. The van der Waals surface area contributed by atoms with Crippen molar-refractivity contribution in [3.05, 3.63) is 83.4 Å². The second-order valence-corrected chi connectivity index (χ2v) is 9.96. The summed E-state index contributed by atoms with van der Waals surface area (Å²) in [5, 5.41) is 0. The highest BCUT2D eigenvalue weighted by molar-refractivity contribution is 6.11. The fourth-order valence-corrected chi connectivity index (χ4v) is 6.63. The maximum Gasteiger partial charge on any atom is 0.333 e. The quantitative estimate of drug-likeness (QED) is 0.385. The molecule has 38 heavy (non-hydrogen) atoms. The molecule has 2 aromatic rings. The summed E-state index contributed by atoms with van der Waals surface area (Å²) in [5.74, 6) is -2.06. The van der Waals surface area contributed by atoms with Gasteiger partial charge in [-0.15, -0.1) is 0 Å². The number of carbonyl (C=O) groups is 4. The average Bonchev–Trinajstić information content (AvgIpc) is 3.53. The van der Waals surface area contributed by atoms with Gasteiger partial charge in [-0.25, -0.2) is 9.59 Å². The number of hydrogen-bond donors (Lipinski definition) is 0. The van der Waals surface area contributed by atoms with Crippen LogP contribution in [0.1, 0.15) is 44.2 Å². The van der Waals surface area contributed by atoms with Crippen LogP contribution in [0, 0.1) is 11.3 Å². The van der Waals surface area contributed by atoms with Crippen LogP contribution in [0.15, 0.2) is 72.3 Å². The lowest BCUT2D eigenvalue weighted by Gasteiger charge is -2.44. The second-order valence-electron chi connectivity index (χ2n) is 9.96. The van der Waals surface area contributed by atoms with E-state index in [-0.39, 0.29) is 39.1 Å². The Morgan fingerprint density at radius 3 is 2.11 bits per heavy atom. The molecule has 1 aliphatic heterocycles. The van der Waals surface area contributed by atoms with E-state index in [2.05, 4.69) is 0 Å². The molecule has 0 unspecified atom stereocenters. The molecule has 2 aliphatic carbocycles. The van der Waals surface area contributed by atoms with Crippen LogP contribution in [-0.4, -0.2) is 52.4 Å². The van der Waals surface area contributed by atoms with Gasteiger partial charge in [0, 0.05) is 18.0 Å². The van der Waals surface area contributed by atoms with Crippen LogP contribution >= 0.6 is 0 Å². The Balaban J connectivity index is 1.64. The maximum atomic E-state index is 14.5. The number of allylic oxidation sites excluding steroid dienone is 1. The van der Waals surface area contributed by atoms with Gasteiger partial charge in [0.05, 0.1) is 19.8 Å². The van der Waals surface area contributed by atoms with Crippen molar-refractivity contribution in [3.8, 4) is 0 Å². The molecule has 0 aromatic heterocycles. The van der Waals surface area contributed by atoms with Crippen molar-refractivity contribution in [2.75, 3.05) is 13.2 Å². The molecule has 5 rings (SSSR count). The summed E-state index contributed by atoms with van der Waals surface area (Å²) >= 11 is 0. The zero-order valence-corrected chi connectivity index (χ0v) is 21.7. The molecule has 3 aliphatic rings. The Kier molecular flexibility index (Phi) is 6.82. The second kappa shape index (κ2) is 10.1. The Labute approximate surface area is 222 Å². The Bertz CT molecular complexity index is 1280. The van der Waals surface area contributed by atoms with Crippen LogP contribution in [0.3, 0.4) is 0 Å². The van der Waals surface area contributed by atoms with E-state index in [9.17, 15) is 19.2 Å². The summed E-state index contributed by atoms with van der Waals surface area (Å²) in [7, 11) is 0. The van der Waals surface area contributed by atoms with Gasteiger partial charge in [0.1, 0.15) is 11.0 Å². The lowest BCUT2D eigenvalue weighted by molar-refractivity contribution is -0.169. The van der Waals surface area contributed by atoms with E-state index < -0.39 is 40.7 Å². The zero-order chi connectivity index (χ0) is 26.9. The van der Waals surface area contributed by atoms with E-state index in [0.717, 1.165) is 11.1 Å². The number of benzene rings is 2. The van der Waals surface area contributed by atoms with Crippen LogP contribution in [0.2, 0.25) is 0 Å². The molecule has 3 amide bonds. The molecule has 198 valence electrons. The fourth-order valence-electron chi connectivity index (χ4n) is 6.63. The molecule has 0 radical (unpaired) electrons. The van der Waals surface area contributed by atoms with Crippen LogP contribution < -0.4 is 0 Å². The number of nitrogens with zero attached hydrogens (tertiary/aromatic N) is 2. The van der Waals surface area contributed by atoms with Gasteiger partial charge in [0.2, 0.25) is 0 Å². The van der Waals surface area contributed by atoms with Gasteiger partial charge in [-0.2, -0.15) is 0 Å². The number of ether oxygens (including phenoxy) is 2. The van der Waals surface area contributed by atoms with Gasteiger partial charge in [-0.05, 0) is 44.2 Å². The number of esters is 2. The monoisotopic (exact) mass is 516 g/mol. The van der Waals surface area contributed by atoms with Gasteiger partial charge in [0.15, 0.2) is 0 Å².